The molecule has 18 heavy (non-hydrogen) atoms. The SMILES string of the molecule is CC(CCO)OCCOc1ccccc1[N+](=O)[O-]. The third kappa shape index (κ3) is 4.68. The molecule has 1 rings (SSSR count). The molecule has 0 radical (unpaired) electrons. The fourth-order valence-corrected chi connectivity index (χ4v) is 1.40. The average Bonchev–Trinajstić information content (AvgIpc) is 2.35. The van der Waals surface area contributed by atoms with Crippen molar-refractivity contribution in [3.05, 3.63) is 34.4 Å². The molecule has 0 aliphatic heterocycles. The van der Waals surface area contributed by atoms with Gasteiger partial charge in [0.2, 0.25) is 0 Å². The molecule has 0 saturated heterocycles. The van der Waals surface area contributed by atoms with Gasteiger partial charge in [-0.3, -0.25) is 10.1 Å². The van der Waals surface area contributed by atoms with Crippen LogP contribution >= 0.6 is 0 Å². The van der Waals surface area contributed by atoms with E-state index in [1.807, 2.05) is 6.92 Å². The van der Waals surface area contributed by atoms with Gasteiger partial charge in [-0.25, -0.2) is 0 Å². The summed E-state index contributed by atoms with van der Waals surface area (Å²) in [5, 5.41) is 19.4. The molecule has 0 spiro atoms. The van der Waals surface area contributed by atoms with Crippen molar-refractivity contribution in [2.45, 2.75) is 19.4 Å². The zero-order chi connectivity index (χ0) is 13.4. The topological polar surface area (TPSA) is 81.8 Å². The molecule has 1 aromatic carbocycles. The molecule has 0 saturated carbocycles. The second-order valence-corrected chi connectivity index (χ2v) is 3.77. The van der Waals surface area contributed by atoms with Crippen LogP contribution in [0.2, 0.25) is 0 Å². The van der Waals surface area contributed by atoms with Crippen LogP contribution in [-0.2, 0) is 4.74 Å². The van der Waals surface area contributed by atoms with Gasteiger partial charge in [0.15, 0.2) is 5.75 Å². The van der Waals surface area contributed by atoms with Gasteiger partial charge in [0, 0.05) is 12.7 Å². The number of ether oxygens (including phenoxy) is 2. The molecule has 0 heterocycles. The summed E-state index contributed by atoms with van der Waals surface area (Å²) in [7, 11) is 0. The van der Waals surface area contributed by atoms with Gasteiger partial charge in [-0.2, -0.15) is 0 Å². The molecule has 100 valence electrons. The van der Waals surface area contributed by atoms with E-state index in [0.29, 0.717) is 13.0 Å². The van der Waals surface area contributed by atoms with Crippen molar-refractivity contribution in [1.82, 2.24) is 0 Å². The minimum atomic E-state index is -0.482. The van der Waals surface area contributed by atoms with Crippen LogP contribution < -0.4 is 4.74 Å². The Morgan fingerprint density at radius 1 is 1.39 bits per heavy atom. The molecule has 6 heteroatoms. The van der Waals surface area contributed by atoms with E-state index < -0.39 is 4.92 Å². The lowest BCUT2D eigenvalue weighted by Crippen LogP contribution is -2.15. The van der Waals surface area contributed by atoms with Crippen molar-refractivity contribution in [3.8, 4) is 5.75 Å². The highest BCUT2D eigenvalue weighted by Crippen LogP contribution is 2.25. The van der Waals surface area contributed by atoms with E-state index in [1.54, 1.807) is 18.2 Å². The Kier molecular flexibility index (Phi) is 6.10. The molecule has 0 fully saturated rings. The molecule has 0 aliphatic rings. The summed E-state index contributed by atoms with van der Waals surface area (Å²) in [5.74, 6) is 0.237. The summed E-state index contributed by atoms with van der Waals surface area (Å²) in [6.07, 6.45) is 0.509. The molecule has 0 aliphatic carbocycles. The predicted octanol–water partition coefficient (Wildman–Crippen LogP) is 1.76. The molecule has 0 amide bonds. The Hall–Kier alpha value is -1.66. The Bertz CT molecular complexity index is 382. The Balaban J connectivity index is 2.37. The lowest BCUT2D eigenvalue weighted by atomic mass is 10.3. The summed E-state index contributed by atoms with van der Waals surface area (Å²) < 4.78 is 10.6. The minimum Gasteiger partial charge on any atom is -0.484 e. The summed E-state index contributed by atoms with van der Waals surface area (Å²) in [6.45, 7) is 2.49. The highest BCUT2D eigenvalue weighted by Gasteiger charge is 2.13. The van der Waals surface area contributed by atoms with Crippen LogP contribution in [0.5, 0.6) is 5.75 Å². The van der Waals surface area contributed by atoms with Gasteiger partial charge in [0.1, 0.15) is 6.61 Å². The number of para-hydroxylation sites is 2. The lowest BCUT2D eigenvalue weighted by molar-refractivity contribution is -0.385. The van der Waals surface area contributed by atoms with Crippen molar-refractivity contribution in [1.29, 1.82) is 0 Å². The minimum absolute atomic E-state index is 0.0515. The molecule has 1 atom stereocenters. The first-order valence-corrected chi connectivity index (χ1v) is 5.74. The summed E-state index contributed by atoms with van der Waals surface area (Å²) in [6, 6.07) is 6.21. The zero-order valence-electron chi connectivity index (χ0n) is 10.2. The van der Waals surface area contributed by atoms with E-state index in [2.05, 4.69) is 0 Å². The van der Waals surface area contributed by atoms with Gasteiger partial charge in [-0.15, -0.1) is 0 Å². The molecule has 6 nitrogen and oxygen atoms in total. The second-order valence-electron chi connectivity index (χ2n) is 3.77. The molecule has 1 N–H and O–H groups in total. The van der Waals surface area contributed by atoms with Crippen molar-refractivity contribution in [2.24, 2.45) is 0 Å². The standard InChI is InChI=1S/C12H17NO5/c1-10(6-7-14)17-8-9-18-12-5-3-2-4-11(12)13(15)16/h2-5,10,14H,6-9H2,1H3. The van der Waals surface area contributed by atoms with Crippen molar-refractivity contribution in [2.75, 3.05) is 19.8 Å². The van der Waals surface area contributed by atoms with E-state index in [4.69, 9.17) is 14.6 Å². The maximum Gasteiger partial charge on any atom is 0.310 e. The van der Waals surface area contributed by atoms with Crippen LogP contribution in [0.3, 0.4) is 0 Å². The lowest BCUT2D eigenvalue weighted by Gasteiger charge is -2.12. The highest BCUT2D eigenvalue weighted by atomic mass is 16.6. The third-order valence-corrected chi connectivity index (χ3v) is 2.34. The van der Waals surface area contributed by atoms with Crippen LogP contribution in [0.4, 0.5) is 5.69 Å². The van der Waals surface area contributed by atoms with Crippen LogP contribution in [-0.4, -0.2) is 36.0 Å². The monoisotopic (exact) mass is 255 g/mol. The first-order chi connectivity index (χ1) is 8.65. The summed E-state index contributed by atoms with van der Waals surface area (Å²) in [4.78, 5) is 10.2. The molecule has 0 bridgehead atoms. The van der Waals surface area contributed by atoms with Gasteiger partial charge < -0.3 is 14.6 Å². The fourth-order valence-electron chi connectivity index (χ4n) is 1.40. The number of aliphatic hydroxyl groups is 1. The molecular weight excluding hydrogens is 238 g/mol. The second kappa shape index (κ2) is 7.62. The summed E-state index contributed by atoms with van der Waals surface area (Å²) >= 11 is 0. The van der Waals surface area contributed by atoms with Gasteiger partial charge in [-0.1, -0.05) is 12.1 Å². The van der Waals surface area contributed by atoms with E-state index in [-0.39, 0.29) is 30.8 Å². The van der Waals surface area contributed by atoms with Gasteiger partial charge >= 0.3 is 5.69 Å². The predicted molar refractivity (Wildman–Crippen MR) is 65.7 cm³/mol. The Labute approximate surface area is 105 Å². The average molecular weight is 255 g/mol. The number of hydrogen-bond donors (Lipinski definition) is 1. The van der Waals surface area contributed by atoms with Crippen molar-refractivity contribution >= 4 is 5.69 Å². The van der Waals surface area contributed by atoms with Gasteiger partial charge in [0.05, 0.1) is 17.6 Å². The van der Waals surface area contributed by atoms with E-state index in [1.165, 1.54) is 6.07 Å². The normalized spacial score (nSPS) is 12.1. The smallest absolute Gasteiger partial charge is 0.310 e. The first-order valence-electron chi connectivity index (χ1n) is 5.74. The number of aliphatic hydroxyl groups excluding tert-OH is 1. The van der Waals surface area contributed by atoms with Crippen LogP contribution in [0.25, 0.3) is 0 Å². The quantitative estimate of drug-likeness (QED) is 0.435. The number of rotatable bonds is 8. The van der Waals surface area contributed by atoms with Crippen LogP contribution in [0.1, 0.15) is 13.3 Å². The summed E-state index contributed by atoms with van der Waals surface area (Å²) in [5.41, 5.74) is -0.0547. The van der Waals surface area contributed by atoms with E-state index in [9.17, 15) is 10.1 Å². The molecule has 0 aromatic heterocycles. The van der Waals surface area contributed by atoms with Crippen LogP contribution in [0.15, 0.2) is 24.3 Å². The number of benzene rings is 1. The number of hydrogen-bond acceptors (Lipinski definition) is 5. The Morgan fingerprint density at radius 3 is 2.78 bits per heavy atom. The number of nitro groups is 1. The molecular formula is C12H17NO5. The van der Waals surface area contributed by atoms with Crippen LogP contribution in [0, 0.1) is 10.1 Å². The van der Waals surface area contributed by atoms with Gasteiger partial charge in [-0.05, 0) is 19.4 Å². The number of nitro benzene ring substituents is 1. The largest absolute Gasteiger partial charge is 0.484 e. The maximum atomic E-state index is 10.7. The zero-order valence-corrected chi connectivity index (χ0v) is 10.2. The van der Waals surface area contributed by atoms with Crippen molar-refractivity contribution < 1.29 is 19.5 Å². The maximum absolute atomic E-state index is 10.7. The molecule has 1 aromatic rings. The third-order valence-electron chi connectivity index (χ3n) is 2.34. The first kappa shape index (κ1) is 14.4. The van der Waals surface area contributed by atoms with E-state index in [0.717, 1.165) is 0 Å². The fraction of sp³-hybridized carbons (Fsp3) is 0.500. The Morgan fingerprint density at radius 2 is 2.11 bits per heavy atom. The van der Waals surface area contributed by atoms with Crippen molar-refractivity contribution in [3.63, 3.8) is 0 Å². The van der Waals surface area contributed by atoms with Gasteiger partial charge in [0.25, 0.3) is 0 Å². The molecule has 1 unspecified atom stereocenters. The highest BCUT2D eigenvalue weighted by molar-refractivity contribution is 5.45. The number of nitrogens with zero attached hydrogens (tertiary/aromatic N) is 1. The van der Waals surface area contributed by atoms with E-state index >= 15 is 0 Å².